The van der Waals surface area contributed by atoms with Gasteiger partial charge in [0, 0.05) is 32.2 Å². The Morgan fingerprint density at radius 1 is 1.47 bits per heavy atom. The predicted octanol–water partition coefficient (Wildman–Crippen LogP) is 1.81. The van der Waals surface area contributed by atoms with Crippen molar-refractivity contribution in [3.63, 3.8) is 0 Å². The van der Waals surface area contributed by atoms with E-state index in [1.165, 1.54) is 19.3 Å². The molecule has 2 rings (SSSR count). The summed E-state index contributed by atoms with van der Waals surface area (Å²) in [4.78, 5) is 4.42. The highest BCUT2D eigenvalue weighted by molar-refractivity contribution is 4.92. The number of aromatic nitrogens is 2. The normalized spacial score (nSPS) is 17.5. The molecule has 0 amide bonds. The molecule has 0 bridgehead atoms. The van der Waals surface area contributed by atoms with Gasteiger partial charge in [-0.25, -0.2) is 4.98 Å². The summed E-state index contributed by atoms with van der Waals surface area (Å²) >= 11 is 0. The second kappa shape index (κ2) is 6.77. The van der Waals surface area contributed by atoms with Crippen molar-refractivity contribution < 1.29 is 4.74 Å². The van der Waals surface area contributed by atoms with Gasteiger partial charge in [-0.1, -0.05) is 6.92 Å². The monoisotopic (exact) mass is 237 g/mol. The standard InChI is InChI=1S/C13H23N3O/c1-2-5-14-10-13-15-6-7-16(13)11-12-3-8-17-9-4-12/h6-7,12,14H,2-5,8-11H2,1H3. The number of rotatable bonds is 6. The first-order chi connectivity index (χ1) is 8.40. The summed E-state index contributed by atoms with van der Waals surface area (Å²) in [5.41, 5.74) is 0. The molecule has 0 aromatic carbocycles. The maximum atomic E-state index is 5.39. The summed E-state index contributed by atoms with van der Waals surface area (Å²) in [6.07, 6.45) is 7.53. The predicted molar refractivity (Wildman–Crippen MR) is 67.8 cm³/mol. The van der Waals surface area contributed by atoms with Crippen LogP contribution in [0.4, 0.5) is 0 Å². The van der Waals surface area contributed by atoms with Crippen LogP contribution in [0.15, 0.2) is 12.4 Å². The van der Waals surface area contributed by atoms with Gasteiger partial charge < -0.3 is 14.6 Å². The fourth-order valence-electron chi connectivity index (χ4n) is 2.26. The molecule has 1 aliphatic heterocycles. The Labute approximate surface area is 103 Å². The van der Waals surface area contributed by atoms with Crippen LogP contribution >= 0.6 is 0 Å². The van der Waals surface area contributed by atoms with Crippen LogP contribution < -0.4 is 5.32 Å². The SMILES string of the molecule is CCCNCc1nccn1CC1CCOCC1. The van der Waals surface area contributed by atoms with Crippen LogP contribution in [-0.2, 0) is 17.8 Å². The summed E-state index contributed by atoms with van der Waals surface area (Å²) in [5, 5.41) is 3.41. The first-order valence-electron chi connectivity index (χ1n) is 6.68. The third-order valence-corrected chi connectivity index (χ3v) is 3.31. The lowest BCUT2D eigenvalue weighted by molar-refractivity contribution is 0.0610. The lowest BCUT2D eigenvalue weighted by atomic mass is 10.0. The minimum atomic E-state index is 0.753. The fraction of sp³-hybridized carbons (Fsp3) is 0.769. The van der Waals surface area contributed by atoms with Crippen molar-refractivity contribution in [2.75, 3.05) is 19.8 Å². The molecule has 2 heterocycles. The Kier molecular flexibility index (Phi) is 5.01. The molecule has 1 aromatic rings. The van der Waals surface area contributed by atoms with Gasteiger partial charge in [-0.15, -0.1) is 0 Å². The molecule has 0 spiro atoms. The molecule has 96 valence electrons. The smallest absolute Gasteiger partial charge is 0.122 e. The summed E-state index contributed by atoms with van der Waals surface area (Å²) in [7, 11) is 0. The van der Waals surface area contributed by atoms with Gasteiger partial charge >= 0.3 is 0 Å². The van der Waals surface area contributed by atoms with Crippen LogP contribution in [0.1, 0.15) is 32.0 Å². The van der Waals surface area contributed by atoms with Crippen LogP contribution in [0.25, 0.3) is 0 Å². The van der Waals surface area contributed by atoms with Crippen LogP contribution in [0.2, 0.25) is 0 Å². The quantitative estimate of drug-likeness (QED) is 0.767. The van der Waals surface area contributed by atoms with E-state index >= 15 is 0 Å². The largest absolute Gasteiger partial charge is 0.381 e. The Bertz CT molecular complexity index is 318. The molecule has 4 heteroatoms. The Hall–Kier alpha value is -0.870. The second-order valence-electron chi connectivity index (χ2n) is 4.73. The van der Waals surface area contributed by atoms with Crippen LogP contribution in [0, 0.1) is 5.92 Å². The van der Waals surface area contributed by atoms with Crippen LogP contribution in [-0.4, -0.2) is 29.3 Å². The molecule has 4 nitrogen and oxygen atoms in total. The van der Waals surface area contributed by atoms with Crippen LogP contribution in [0.5, 0.6) is 0 Å². The van der Waals surface area contributed by atoms with Crippen molar-refractivity contribution in [2.45, 2.75) is 39.3 Å². The maximum absolute atomic E-state index is 5.39. The summed E-state index contributed by atoms with van der Waals surface area (Å²) < 4.78 is 7.68. The van der Waals surface area contributed by atoms with E-state index in [4.69, 9.17) is 4.74 Å². The van der Waals surface area contributed by atoms with Gasteiger partial charge in [-0.3, -0.25) is 0 Å². The number of nitrogens with one attached hydrogen (secondary N) is 1. The minimum absolute atomic E-state index is 0.753. The number of nitrogens with zero attached hydrogens (tertiary/aromatic N) is 2. The van der Waals surface area contributed by atoms with Gasteiger partial charge in [0.2, 0.25) is 0 Å². The number of hydrogen-bond acceptors (Lipinski definition) is 3. The summed E-state index contributed by atoms with van der Waals surface area (Å²) in [5.74, 6) is 1.91. The van der Waals surface area contributed by atoms with Gasteiger partial charge in [0.15, 0.2) is 0 Å². The average molecular weight is 237 g/mol. The van der Waals surface area contributed by atoms with Gasteiger partial charge in [0.05, 0.1) is 6.54 Å². The maximum Gasteiger partial charge on any atom is 0.122 e. The molecule has 0 unspecified atom stereocenters. The Morgan fingerprint density at radius 3 is 3.06 bits per heavy atom. The number of hydrogen-bond donors (Lipinski definition) is 1. The highest BCUT2D eigenvalue weighted by Crippen LogP contribution is 2.17. The molecular weight excluding hydrogens is 214 g/mol. The lowest BCUT2D eigenvalue weighted by Crippen LogP contribution is -2.23. The molecule has 0 saturated carbocycles. The van der Waals surface area contributed by atoms with Crippen molar-refractivity contribution in [1.29, 1.82) is 0 Å². The molecule has 1 N–H and O–H groups in total. The highest BCUT2D eigenvalue weighted by Gasteiger charge is 2.15. The molecule has 1 aromatic heterocycles. The van der Waals surface area contributed by atoms with Crippen molar-refractivity contribution in [2.24, 2.45) is 5.92 Å². The van der Waals surface area contributed by atoms with E-state index in [-0.39, 0.29) is 0 Å². The topological polar surface area (TPSA) is 39.1 Å². The van der Waals surface area contributed by atoms with E-state index in [1.54, 1.807) is 0 Å². The number of imidazole rings is 1. The zero-order chi connectivity index (χ0) is 11.9. The van der Waals surface area contributed by atoms with E-state index in [0.29, 0.717) is 0 Å². The zero-order valence-corrected chi connectivity index (χ0v) is 10.7. The van der Waals surface area contributed by atoms with Gasteiger partial charge in [-0.05, 0) is 31.7 Å². The molecule has 1 aliphatic rings. The van der Waals surface area contributed by atoms with E-state index in [1.807, 2.05) is 6.20 Å². The van der Waals surface area contributed by atoms with E-state index < -0.39 is 0 Å². The van der Waals surface area contributed by atoms with Crippen molar-refractivity contribution in [3.8, 4) is 0 Å². The molecule has 1 saturated heterocycles. The first kappa shape index (κ1) is 12.6. The van der Waals surface area contributed by atoms with Crippen molar-refractivity contribution in [3.05, 3.63) is 18.2 Å². The van der Waals surface area contributed by atoms with Crippen molar-refractivity contribution in [1.82, 2.24) is 14.9 Å². The summed E-state index contributed by atoms with van der Waals surface area (Å²) in [6, 6.07) is 0. The first-order valence-corrected chi connectivity index (χ1v) is 6.68. The summed E-state index contributed by atoms with van der Waals surface area (Å²) in [6.45, 7) is 7.05. The Morgan fingerprint density at radius 2 is 2.29 bits per heavy atom. The van der Waals surface area contributed by atoms with Gasteiger partial charge in [0.25, 0.3) is 0 Å². The molecule has 0 aliphatic carbocycles. The van der Waals surface area contributed by atoms with E-state index in [2.05, 4.69) is 28.0 Å². The molecular formula is C13H23N3O. The second-order valence-corrected chi connectivity index (χ2v) is 4.73. The third kappa shape index (κ3) is 3.82. The third-order valence-electron chi connectivity index (χ3n) is 3.31. The van der Waals surface area contributed by atoms with E-state index in [9.17, 15) is 0 Å². The zero-order valence-electron chi connectivity index (χ0n) is 10.7. The molecule has 17 heavy (non-hydrogen) atoms. The van der Waals surface area contributed by atoms with Crippen molar-refractivity contribution >= 4 is 0 Å². The molecule has 0 atom stereocenters. The Balaban J connectivity index is 1.84. The van der Waals surface area contributed by atoms with Gasteiger partial charge in [-0.2, -0.15) is 0 Å². The fourth-order valence-corrected chi connectivity index (χ4v) is 2.26. The highest BCUT2D eigenvalue weighted by atomic mass is 16.5. The lowest BCUT2D eigenvalue weighted by Gasteiger charge is -2.23. The average Bonchev–Trinajstić information content (AvgIpc) is 2.79. The minimum Gasteiger partial charge on any atom is -0.381 e. The molecule has 1 fully saturated rings. The van der Waals surface area contributed by atoms with Gasteiger partial charge in [0.1, 0.15) is 5.82 Å². The van der Waals surface area contributed by atoms with E-state index in [0.717, 1.165) is 44.6 Å². The van der Waals surface area contributed by atoms with Crippen LogP contribution in [0.3, 0.4) is 0 Å². The molecule has 0 radical (unpaired) electrons. The number of ether oxygens (including phenoxy) is 1.